The van der Waals surface area contributed by atoms with Crippen LogP contribution in [0.15, 0.2) is 28.7 Å². The molecule has 1 heterocycles. The highest BCUT2D eigenvalue weighted by Crippen LogP contribution is 2.35. The summed E-state index contributed by atoms with van der Waals surface area (Å²) in [5.74, 6) is 0.0216. The van der Waals surface area contributed by atoms with Gasteiger partial charge in [-0.15, -0.1) is 0 Å². The van der Waals surface area contributed by atoms with Gasteiger partial charge in [0, 0.05) is 42.6 Å². The summed E-state index contributed by atoms with van der Waals surface area (Å²) in [7, 11) is 0. The number of ether oxygens (including phenoxy) is 1. The van der Waals surface area contributed by atoms with E-state index in [1.807, 2.05) is 12.1 Å². The number of halogens is 1. The monoisotopic (exact) mass is 340 g/mol. The predicted octanol–water partition coefficient (Wildman–Crippen LogP) is 1.96. The summed E-state index contributed by atoms with van der Waals surface area (Å²) < 4.78 is 6.55. The van der Waals surface area contributed by atoms with Crippen LogP contribution in [0, 0.1) is 0 Å². The van der Waals surface area contributed by atoms with E-state index in [9.17, 15) is 4.79 Å². The SMILES string of the molecule is NCCC(=O)NCC1(c2cccc(Br)c2)CCOCC1. The second-order valence-corrected chi connectivity index (χ2v) is 6.13. The second kappa shape index (κ2) is 7.20. The summed E-state index contributed by atoms with van der Waals surface area (Å²) in [6.45, 7) is 2.50. The van der Waals surface area contributed by atoms with Crippen LogP contribution in [0.25, 0.3) is 0 Å². The third-order valence-electron chi connectivity index (χ3n) is 3.88. The van der Waals surface area contributed by atoms with Crippen LogP contribution in [-0.4, -0.2) is 32.2 Å². The summed E-state index contributed by atoms with van der Waals surface area (Å²) in [5.41, 5.74) is 6.63. The smallest absolute Gasteiger partial charge is 0.221 e. The molecule has 1 aliphatic rings. The molecule has 0 atom stereocenters. The van der Waals surface area contributed by atoms with Crippen molar-refractivity contribution >= 4 is 21.8 Å². The lowest BCUT2D eigenvalue weighted by Crippen LogP contribution is -2.44. The van der Waals surface area contributed by atoms with E-state index >= 15 is 0 Å². The minimum atomic E-state index is -0.0354. The highest BCUT2D eigenvalue weighted by atomic mass is 79.9. The molecular weight excluding hydrogens is 320 g/mol. The van der Waals surface area contributed by atoms with Crippen molar-refractivity contribution in [2.75, 3.05) is 26.3 Å². The Morgan fingerprint density at radius 3 is 2.80 bits per heavy atom. The molecule has 0 unspecified atom stereocenters. The van der Waals surface area contributed by atoms with Gasteiger partial charge < -0.3 is 15.8 Å². The van der Waals surface area contributed by atoms with Crippen molar-refractivity contribution in [3.63, 3.8) is 0 Å². The number of carbonyl (C=O) groups is 1. The summed E-state index contributed by atoms with van der Waals surface area (Å²) in [4.78, 5) is 11.7. The van der Waals surface area contributed by atoms with Crippen molar-refractivity contribution in [3.05, 3.63) is 34.3 Å². The molecule has 5 heteroatoms. The van der Waals surface area contributed by atoms with Gasteiger partial charge in [-0.25, -0.2) is 0 Å². The molecule has 1 aromatic rings. The molecule has 0 radical (unpaired) electrons. The van der Waals surface area contributed by atoms with E-state index in [4.69, 9.17) is 10.5 Å². The zero-order chi connectivity index (χ0) is 14.4. The lowest BCUT2D eigenvalue weighted by Gasteiger charge is -2.38. The van der Waals surface area contributed by atoms with Crippen LogP contribution in [0.5, 0.6) is 0 Å². The van der Waals surface area contributed by atoms with E-state index < -0.39 is 0 Å². The van der Waals surface area contributed by atoms with Gasteiger partial charge in [-0.3, -0.25) is 4.79 Å². The molecule has 20 heavy (non-hydrogen) atoms. The van der Waals surface area contributed by atoms with Crippen LogP contribution < -0.4 is 11.1 Å². The van der Waals surface area contributed by atoms with Crippen molar-refractivity contribution in [1.82, 2.24) is 5.32 Å². The van der Waals surface area contributed by atoms with E-state index in [1.54, 1.807) is 0 Å². The second-order valence-electron chi connectivity index (χ2n) is 5.22. The number of benzene rings is 1. The third-order valence-corrected chi connectivity index (χ3v) is 4.38. The average Bonchev–Trinajstić information content (AvgIpc) is 2.46. The molecule has 0 bridgehead atoms. The summed E-state index contributed by atoms with van der Waals surface area (Å²) in [6.07, 6.45) is 2.23. The fourth-order valence-electron chi connectivity index (χ4n) is 2.64. The first-order chi connectivity index (χ1) is 9.66. The molecule has 1 aliphatic heterocycles. The van der Waals surface area contributed by atoms with Gasteiger partial charge in [0.05, 0.1) is 0 Å². The Morgan fingerprint density at radius 2 is 2.15 bits per heavy atom. The van der Waals surface area contributed by atoms with Gasteiger partial charge in [0.1, 0.15) is 0 Å². The topological polar surface area (TPSA) is 64.4 Å². The van der Waals surface area contributed by atoms with E-state index in [-0.39, 0.29) is 11.3 Å². The molecule has 3 N–H and O–H groups in total. The van der Waals surface area contributed by atoms with Gasteiger partial charge in [-0.05, 0) is 30.5 Å². The molecule has 0 saturated carbocycles. The van der Waals surface area contributed by atoms with Crippen LogP contribution in [-0.2, 0) is 14.9 Å². The van der Waals surface area contributed by atoms with E-state index in [2.05, 4.69) is 33.4 Å². The van der Waals surface area contributed by atoms with Crippen LogP contribution >= 0.6 is 15.9 Å². The number of hydrogen-bond acceptors (Lipinski definition) is 3. The minimum Gasteiger partial charge on any atom is -0.381 e. The maximum atomic E-state index is 11.7. The quantitative estimate of drug-likeness (QED) is 0.861. The first-order valence-corrected chi connectivity index (χ1v) is 7.76. The summed E-state index contributed by atoms with van der Waals surface area (Å²) in [6, 6.07) is 8.33. The summed E-state index contributed by atoms with van der Waals surface area (Å²) in [5, 5.41) is 3.02. The van der Waals surface area contributed by atoms with Crippen LogP contribution in [0.4, 0.5) is 0 Å². The molecule has 2 rings (SSSR count). The fraction of sp³-hybridized carbons (Fsp3) is 0.533. The number of amides is 1. The van der Waals surface area contributed by atoms with Crippen LogP contribution in [0.3, 0.4) is 0 Å². The fourth-order valence-corrected chi connectivity index (χ4v) is 3.03. The molecule has 1 amide bonds. The van der Waals surface area contributed by atoms with E-state index in [0.29, 0.717) is 19.5 Å². The maximum Gasteiger partial charge on any atom is 0.221 e. The Labute approximate surface area is 128 Å². The number of nitrogens with one attached hydrogen (secondary N) is 1. The minimum absolute atomic E-state index is 0.0216. The normalized spacial score (nSPS) is 17.7. The lowest BCUT2D eigenvalue weighted by atomic mass is 9.74. The number of hydrogen-bond donors (Lipinski definition) is 2. The first kappa shape index (κ1) is 15.5. The molecule has 1 fully saturated rings. The average molecular weight is 341 g/mol. The number of nitrogens with two attached hydrogens (primary N) is 1. The van der Waals surface area contributed by atoms with Crippen molar-refractivity contribution in [1.29, 1.82) is 0 Å². The molecule has 0 aliphatic carbocycles. The Morgan fingerprint density at radius 1 is 1.40 bits per heavy atom. The highest BCUT2D eigenvalue weighted by molar-refractivity contribution is 9.10. The Bertz CT molecular complexity index is 459. The Balaban J connectivity index is 2.15. The van der Waals surface area contributed by atoms with Gasteiger partial charge in [-0.2, -0.15) is 0 Å². The molecule has 1 aromatic carbocycles. The zero-order valence-corrected chi connectivity index (χ0v) is 13.1. The van der Waals surface area contributed by atoms with Crippen molar-refractivity contribution in [2.24, 2.45) is 5.73 Å². The Kier molecular flexibility index (Phi) is 5.57. The van der Waals surface area contributed by atoms with Gasteiger partial charge in [0.2, 0.25) is 5.91 Å². The summed E-state index contributed by atoms with van der Waals surface area (Å²) >= 11 is 3.52. The van der Waals surface area contributed by atoms with Crippen molar-refractivity contribution < 1.29 is 9.53 Å². The third kappa shape index (κ3) is 3.81. The number of rotatable bonds is 5. The lowest BCUT2D eigenvalue weighted by molar-refractivity contribution is -0.121. The Hall–Kier alpha value is -0.910. The number of carbonyl (C=O) groups excluding carboxylic acids is 1. The predicted molar refractivity (Wildman–Crippen MR) is 82.6 cm³/mol. The van der Waals surface area contributed by atoms with E-state index in [1.165, 1.54) is 5.56 Å². The highest BCUT2D eigenvalue weighted by Gasteiger charge is 2.34. The van der Waals surface area contributed by atoms with Crippen LogP contribution in [0.1, 0.15) is 24.8 Å². The molecule has 110 valence electrons. The molecular formula is C15H21BrN2O2. The maximum absolute atomic E-state index is 11.7. The molecule has 0 spiro atoms. The van der Waals surface area contributed by atoms with Crippen LogP contribution in [0.2, 0.25) is 0 Å². The molecule has 1 saturated heterocycles. The van der Waals surface area contributed by atoms with Crippen molar-refractivity contribution in [2.45, 2.75) is 24.7 Å². The standard InChI is InChI=1S/C15H21BrN2O2/c16-13-3-1-2-12(10-13)15(5-8-20-9-6-15)11-18-14(19)4-7-17/h1-3,10H,4-9,11,17H2,(H,18,19). The van der Waals surface area contributed by atoms with Crippen molar-refractivity contribution in [3.8, 4) is 0 Å². The molecule has 4 nitrogen and oxygen atoms in total. The van der Waals surface area contributed by atoms with Gasteiger partial charge >= 0.3 is 0 Å². The molecule has 0 aromatic heterocycles. The zero-order valence-electron chi connectivity index (χ0n) is 11.5. The van der Waals surface area contributed by atoms with Gasteiger partial charge in [0.25, 0.3) is 0 Å². The van der Waals surface area contributed by atoms with E-state index in [0.717, 1.165) is 30.5 Å². The first-order valence-electron chi connectivity index (χ1n) is 6.97. The largest absolute Gasteiger partial charge is 0.381 e. The van der Waals surface area contributed by atoms with Gasteiger partial charge in [0.15, 0.2) is 0 Å². The van der Waals surface area contributed by atoms with Gasteiger partial charge in [-0.1, -0.05) is 28.1 Å².